The molecule has 13 heavy (non-hydrogen) atoms. The summed E-state index contributed by atoms with van der Waals surface area (Å²) in [4.78, 5) is 3.74. The number of guanidine groups is 1. The van der Waals surface area contributed by atoms with Gasteiger partial charge in [-0.25, -0.2) is 0 Å². The van der Waals surface area contributed by atoms with Gasteiger partial charge < -0.3 is 5.73 Å². The van der Waals surface area contributed by atoms with E-state index in [-0.39, 0.29) is 11.8 Å². The quantitative estimate of drug-likeness (QED) is 0.574. The van der Waals surface area contributed by atoms with E-state index in [2.05, 4.69) is 4.99 Å². The molecule has 0 aromatic rings. The molecule has 71 valence electrons. The molecule has 1 saturated carbocycles. The van der Waals surface area contributed by atoms with E-state index >= 15 is 0 Å². The lowest BCUT2D eigenvalue weighted by atomic mass is 9.81. The number of nitrogens with two attached hydrogens (primary N) is 1. The number of aliphatic imine (C=N–C) groups is 1. The molecule has 1 fully saturated rings. The Morgan fingerprint density at radius 2 is 2.00 bits per heavy atom. The van der Waals surface area contributed by atoms with Crippen LogP contribution < -0.4 is 5.73 Å². The Bertz CT molecular complexity index is 267. The van der Waals surface area contributed by atoms with Crippen molar-refractivity contribution in [2.45, 2.75) is 37.6 Å². The summed E-state index contributed by atoms with van der Waals surface area (Å²) in [6.07, 6.45) is 4.57. The third kappa shape index (κ3) is 1.03. The van der Waals surface area contributed by atoms with Crippen molar-refractivity contribution in [3.63, 3.8) is 0 Å². The minimum atomic E-state index is -0.706. The number of nitrogens with one attached hydrogen (secondary N) is 1. The van der Waals surface area contributed by atoms with Gasteiger partial charge in [-0.2, -0.15) is 10.1 Å². The molecule has 0 atom stereocenters. The van der Waals surface area contributed by atoms with Gasteiger partial charge in [0.1, 0.15) is 5.54 Å². The van der Waals surface area contributed by atoms with Crippen LogP contribution in [0.3, 0.4) is 0 Å². The zero-order chi connectivity index (χ0) is 9.47. The predicted molar refractivity (Wildman–Crippen MR) is 47.7 cm³/mol. The Labute approximate surface area is 76.7 Å². The Morgan fingerprint density at radius 1 is 1.38 bits per heavy atom. The standard InChI is InChI=1S/C8H13N4O/c9-6-8(4-2-1-3-5-8)12(13)7(10)11-6/h1-5H2,(H3,9,10,11). The molecule has 1 aliphatic carbocycles. The Hall–Kier alpha value is -1.10. The van der Waals surface area contributed by atoms with Gasteiger partial charge in [-0.05, 0) is 12.8 Å². The fourth-order valence-corrected chi connectivity index (χ4v) is 2.16. The molecule has 0 aromatic carbocycles. The second kappa shape index (κ2) is 2.70. The number of nitrogens with zero attached hydrogens (tertiary/aromatic N) is 2. The summed E-state index contributed by atoms with van der Waals surface area (Å²) in [7, 11) is 0. The third-order valence-electron chi connectivity index (χ3n) is 2.94. The molecular formula is C8H13N4O. The van der Waals surface area contributed by atoms with Crippen LogP contribution in [-0.2, 0) is 5.21 Å². The van der Waals surface area contributed by atoms with Crippen molar-refractivity contribution >= 4 is 11.8 Å². The van der Waals surface area contributed by atoms with Crippen LogP contribution in [-0.4, -0.2) is 22.4 Å². The highest BCUT2D eigenvalue weighted by molar-refractivity contribution is 6.05. The molecule has 0 unspecified atom stereocenters. The van der Waals surface area contributed by atoms with Crippen LogP contribution in [0.2, 0.25) is 0 Å². The zero-order valence-electron chi connectivity index (χ0n) is 7.42. The molecule has 1 spiro atoms. The Morgan fingerprint density at radius 3 is 2.46 bits per heavy atom. The van der Waals surface area contributed by atoms with Gasteiger partial charge in [0.2, 0.25) is 5.96 Å². The Kier molecular flexibility index (Phi) is 1.76. The molecule has 0 amide bonds. The van der Waals surface area contributed by atoms with Crippen LogP contribution in [0.25, 0.3) is 0 Å². The lowest BCUT2D eigenvalue weighted by molar-refractivity contribution is -0.147. The summed E-state index contributed by atoms with van der Waals surface area (Å²) in [5.41, 5.74) is 4.69. The van der Waals surface area contributed by atoms with Crippen molar-refractivity contribution in [3.05, 3.63) is 0 Å². The molecule has 1 heterocycles. The van der Waals surface area contributed by atoms with Gasteiger partial charge in [0.25, 0.3) is 0 Å². The van der Waals surface area contributed by atoms with E-state index in [1.165, 1.54) is 0 Å². The molecule has 0 bridgehead atoms. The van der Waals surface area contributed by atoms with E-state index in [0.717, 1.165) is 37.2 Å². The highest BCUT2D eigenvalue weighted by Gasteiger charge is 2.48. The summed E-state index contributed by atoms with van der Waals surface area (Å²) in [5, 5.41) is 20.0. The van der Waals surface area contributed by atoms with Gasteiger partial charge in [-0.3, -0.25) is 5.41 Å². The average molecular weight is 181 g/mol. The van der Waals surface area contributed by atoms with Crippen molar-refractivity contribution in [2.75, 3.05) is 0 Å². The van der Waals surface area contributed by atoms with Crippen LogP contribution in [0.15, 0.2) is 4.99 Å². The molecule has 2 aliphatic rings. The number of hydrogen-bond donors (Lipinski definition) is 2. The highest BCUT2D eigenvalue weighted by atomic mass is 16.5. The fourth-order valence-electron chi connectivity index (χ4n) is 2.16. The van der Waals surface area contributed by atoms with Crippen LogP contribution in [0.5, 0.6) is 0 Å². The first kappa shape index (κ1) is 8.50. The second-order valence-corrected chi connectivity index (χ2v) is 3.71. The van der Waals surface area contributed by atoms with E-state index in [0.29, 0.717) is 0 Å². The molecule has 0 aromatic heterocycles. The number of hydrogen-bond acceptors (Lipinski definition) is 3. The number of rotatable bonds is 0. The van der Waals surface area contributed by atoms with Crippen LogP contribution in [0.4, 0.5) is 0 Å². The SMILES string of the molecule is N=C1N=C(N)N([O])C12CCCCC2. The minimum Gasteiger partial charge on any atom is -0.368 e. The molecule has 1 radical (unpaired) electrons. The molecule has 0 saturated heterocycles. The average Bonchev–Trinajstić information content (AvgIpc) is 2.34. The first-order chi connectivity index (χ1) is 6.17. The topological polar surface area (TPSA) is 85.4 Å². The first-order valence-corrected chi connectivity index (χ1v) is 4.57. The smallest absolute Gasteiger partial charge is 0.225 e. The minimum absolute atomic E-state index is 0.0492. The van der Waals surface area contributed by atoms with Crippen molar-refractivity contribution < 1.29 is 5.21 Å². The lowest BCUT2D eigenvalue weighted by Crippen LogP contribution is -2.51. The molecule has 5 nitrogen and oxygen atoms in total. The van der Waals surface area contributed by atoms with Crippen molar-refractivity contribution in [3.8, 4) is 0 Å². The van der Waals surface area contributed by atoms with E-state index in [1.807, 2.05) is 0 Å². The molecule has 3 N–H and O–H groups in total. The van der Waals surface area contributed by atoms with E-state index < -0.39 is 5.54 Å². The highest BCUT2D eigenvalue weighted by Crippen LogP contribution is 2.36. The fraction of sp³-hybridized carbons (Fsp3) is 0.750. The van der Waals surface area contributed by atoms with Crippen LogP contribution in [0.1, 0.15) is 32.1 Å². The molecule has 1 aliphatic heterocycles. The molecule has 5 heteroatoms. The van der Waals surface area contributed by atoms with Gasteiger partial charge in [0, 0.05) is 0 Å². The maximum Gasteiger partial charge on any atom is 0.225 e. The molecule has 2 rings (SSSR count). The van der Waals surface area contributed by atoms with Gasteiger partial charge >= 0.3 is 0 Å². The monoisotopic (exact) mass is 181 g/mol. The largest absolute Gasteiger partial charge is 0.368 e. The number of amidine groups is 1. The maximum atomic E-state index is 11.6. The van der Waals surface area contributed by atoms with Crippen molar-refractivity contribution in [1.82, 2.24) is 5.06 Å². The van der Waals surface area contributed by atoms with Gasteiger partial charge in [-0.1, -0.05) is 24.5 Å². The summed E-state index contributed by atoms with van der Waals surface area (Å²) in [6, 6.07) is 0. The van der Waals surface area contributed by atoms with Gasteiger partial charge in [0.05, 0.1) is 0 Å². The van der Waals surface area contributed by atoms with Gasteiger partial charge in [-0.15, -0.1) is 0 Å². The summed E-state index contributed by atoms with van der Waals surface area (Å²) in [6.45, 7) is 0. The van der Waals surface area contributed by atoms with Crippen LogP contribution in [0, 0.1) is 5.41 Å². The first-order valence-electron chi connectivity index (χ1n) is 4.57. The maximum absolute atomic E-state index is 11.6. The van der Waals surface area contributed by atoms with Crippen LogP contribution >= 0.6 is 0 Å². The summed E-state index contributed by atoms with van der Waals surface area (Å²) < 4.78 is 0. The second-order valence-electron chi connectivity index (χ2n) is 3.71. The normalized spacial score (nSPS) is 26.7. The summed E-state index contributed by atoms with van der Waals surface area (Å²) >= 11 is 0. The zero-order valence-corrected chi connectivity index (χ0v) is 7.42. The number of hydroxylamine groups is 2. The third-order valence-corrected chi connectivity index (χ3v) is 2.94. The van der Waals surface area contributed by atoms with E-state index in [9.17, 15) is 5.21 Å². The van der Waals surface area contributed by atoms with E-state index in [1.54, 1.807) is 0 Å². The summed E-state index contributed by atoms with van der Waals surface area (Å²) in [5.74, 6) is 0.103. The lowest BCUT2D eigenvalue weighted by Gasteiger charge is -2.35. The van der Waals surface area contributed by atoms with Crippen molar-refractivity contribution in [2.24, 2.45) is 10.7 Å². The molecular weight excluding hydrogens is 168 g/mol. The van der Waals surface area contributed by atoms with E-state index in [4.69, 9.17) is 11.1 Å². The Balaban J connectivity index is 2.27. The van der Waals surface area contributed by atoms with Gasteiger partial charge in [0.15, 0.2) is 5.84 Å². The van der Waals surface area contributed by atoms with Crippen molar-refractivity contribution in [1.29, 1.82) is 5.41 Å². The predicted octanol–water partition coefficient (Wildman–Crippen LogP) is 0.642.